The van der Waals surface area contributed by atoms with E-state index < -0.39 is 0 Å². The van der Waals surface area contributed by atoms with Gasteiger partial charge in [0.05, 0.1) is 6.61 Å². The maximum Gasteiger partial charge on any atom is 0.293 e. The molecule has 100 valence electrons. The molecule has 0 spiro atoms. The summed E-state index contributed by atoms with van der Waals surface area (Å²) in [5, 5.41) is 3.16. The van der Waals surface area contributed by atoms with Gasteiger partial charge in [-0.15, -0.1) is 0 Å². The summed E-state index contributed by atoms with van der Waals surface area (Å²) in [6.07, 6.45) is 6.62. The van der Waals surface area contributed by atoms with E-state index in [-0.39, 0.29) is 5.56 Å². The SMILES string of the molecule is CCCn1ccnc(NCC2CCCOC2)c1=O. The molecule has 2 rings (SSSR count). The average Bonchev–Trinajstić information content (AvgIpc) is 2.41. The van der Waals surface area contributed by atoms with Gasteiger partial charge in [-0.2, -0.15) is 0 Å². The number of nitrogens with one attached hydrogen (secondary N) is 1. The molecule has 1 atom stereocenters. The minimum atomic E-state index is -0.0314. The Morgan fingerprint density at radius 3 is 3.22 bits per heavy atom. The molecule has 0 saturated carbocycles. The van der Waals surface area contributed by atoms with E-state index in [2.05, 4.69) is 17.2 Å². The van der Waals surface area contributed by atoms with E-state index >= 15 is 0 Å². The van der Waals surface area contributed by atoms with Gasteiger partial charge in [-0.3, -0.25) is 4.79 Å². The van der Waals surface area contributed by atoms with Gasteiger partial charge in [0.1, 0.15) is 0 Å². The summed E-state index contributed by atoms with van der Waals surface area (Å²) >= 11 is 0. The van der Waals surface area contributed by atoms with Crippen molar-refractivity contribution in [2.24, 2.45) is 5.92 Å². The quantitative estimate of drug-likeness (QED) is 0.861. The molecule has 1 fully saturated rings. The normalized spacial score (nSPS) is 19.7. The lowest BCUT2D eigenvalue weighted by atomic mass is 10.0. The Labute approximate surface area is 107 Å². The van der Waals surface area contributed by atoms with Crippen LogP contribution < -0.4 is 10.9 Å². The van der Waals surface area contributed by atoms with Crippen molar-refractivity contribution in [1.29, 1.82) is 0 Å². The van der Waals surface area contributed by atoms with Crippen LogP contribution in [0.5, 0.6) is 0 Å². The standard InChI is InChI=1S/C13H21N3O2/c1-2-6-16-7-5-14-12(13(16)17)15-9-11-4-3-8-18-10-11/h5,7,11H,2-4,6,8-10H2,1H3,(H,14,15). The van der Waals surface area contributed by atoms with Gasteiger partial charge in [0.25, 0.3) is 5.56 Å². The number of aromatic nitrogens is 2. The lowest BCUT2D eigenvalue weighted by molar-refractivity contribution is 0.0594. The van der Waals surface area contributed by atoms with E-state index in [1.807, 2.05) is 0 Å². The maximum absolute atomic E-state index is 12.0. The van der Waals surface area contributed by atoms with Gasteiger partial charge in [-0.05, 0) is 25.2 Å². The third-order valence-corrected chi connectivity index (χ3v) is 3.19. The highest BCUT2D eigenvalue weighted by molar-refractivity contribution is 5.30. The highest BCUT2D eigenvalue weighted by Gasteiger charge is 2.14. The van der Waals surface area contributed by atoms with Crippen molar-refractivity contribution in [2.75, 3.05) is 25.1 Å². The Bertz CT molecular complexity index is 424. The van der Waals surface area contributed by atoms with Crippen molar-refractivity contribution in [3.63, 3.8) is 0 Å². The monoisotopic (exact) mass is 251 g/mol. The number of rotatable bonds is 5. The summed E-state index contributed by atoms with van der Waals surface area (Å²) in [7, 11) is 0. The third-order valence-electron chi connectivity index (χ3n) is 3.19. The second-order valence-electron chi connectivity index (χ2n) is 4.74. The van der Waals surface area contributed by atoms with E-state index in [0.29, 0.717) is 11.7 Å². The largest absolute Gasteiger partial charge is 0.381 e. The molecule has 5 nitrogen and oxygen atoms in total. The van der Waals surface area contributed by atoms with E-state index in [9.17, 15) is 4.79 Å². The Kier molecular flexibility index (Phi) is 4.75. The zero-order valence-corrected chi connectivity index (χ0v) is 10.9. The van der Waals surface area contributed by atoms with Crippen LogP contribution >= 0.6 is 0 Å². The van der Waals surface area contributed by atoms with Crippen LogP contribution in [-0.4, -0.2) is 29.3 Å². The van der Waals surface area contributed by atoms with Crippen molar-refractivity contribution in [1.82, 2.24) is 9.55 Å². The van der Waals surface area contributed by atoms with Crippen LogP contribution in [0.2, 0.25) is 0 Å². The van der Waals surface area contributed by atoms with Crippen LogP contribution in [0.1, 0.15) is 26.2 Å². The number of hydrogen-bond donors (Lipinski definition) is 1. The molecular formula is C13H21N3O2. The Hall–Kier alpha value is -1.36. The van der Waals surface area contributed by atoms with Gasteiger partial charge in [-0.25, -0.2) is 4.98 Å². The highest BCUT2D eigenvalue weighted by Crippen LogP contribution is 2.13. The summed E-state index contributed by atoms with van der Waals surface area (Å²) in [5.74, 6) is 0.941. The summed E-state index contributed by atoms with van der Waals surface area (Å²) in [5.41, 5.74) is -0.0314. The molecule has 1 saturated heterocycles. The summed E-state index contributed by atoms with van der Waals surface area (Å²) in [6, 6.07) is 0. The molecule has 0 bridgehead atoms. The second-order valence-corrected chi connectivity index (χ2v) is 4.74. The number of nitrogens with zero attached hydrogens (tertiary/aromatic N) is 2. The molecule has 2 heterocycles. The zero-order chi connectivity index (χ0) is 12.8. The topological polar surface area (TPSA) is 56.1 Å². The highest BCUT2D eigenvalue weighted by atomic mass is 16.5. The minimum absolute atomic E-state index is 0.0314. The Morgan fingerprint density at radius 1 is 1.61 bits per heavy atom. The number of aryl methyl sites for hydroxylation is 1. The fraction of sp³-hybridized carbons (Fsp3) is 0.692. The van der Waals surface area contributed by atoms with Gasteiger partial charge in [0.2, 0.25) is 0 Å². The molecule has 1 aliphatic rings. The van der Waals surface area contributed by atoms with Crippen molar-refractivity contribution < 1.29 is 4.74 Å². The first kappa shape index (κ1) is 13.1. The van der Waals surface area contributed by atoms with Crippen LogP contribution in [0.3, 0.4) is 0 Å². The van der Waals surface area contributed by atoms with Crippen LogP contribution in [0.4, 0.5) is 5.82 Å². The van der Waals surface area contributed by atoms with Gasteiger partial charge in [0, 0.05) is 32.1 Å². The summed E-state index contributed by atoms with van der Waals surface area (Å²) < 4.78 is 7.12. The predicted molar refractivity (Wildman–Crippen MR) is 70.8 cm³/mol. The van der Waals surface area contributed by atoms with Crippen LogP contribution in [-0.2, 0) is 11.3 Å². The van der Waals surface area contributed by atoms with Gasteiger partial charge >= 0.3 is 0 Å². The lowest BCUT2D eigenvalue weighted by Crippen LogP contribution is -2.29. The maximum atomic E-state index is 12.0. The van der Waals surface area contributed by atoms with Crippen LogP contribution in [0.15, 0.2) is 17.2 Å². The molecule has 0 amide bonds. The van der Waals surface area contributed by atoms with Crippen molar-refractivity contribution in [2.45, 2.75) is 32.7 Å². The molecular weight excluding hydrogens is 230 g/mol. The first-order valence-electron chi connectivity index (χ1n) is 6.68. The number of anilines is 1. The van der Waals surface area contributed by atoms with Crippen LogP contribution in [0, 0.1) is 5.92 Å². The van der Waals surface area contributed by atoms with Gasteiger partial charge < -0.3 is 14.6 Å². The molecule has 0 aromatic carbocycles. The zero-order valence-electron chi connectivity index (χ0n) is 10.9. The number of ether oxygens (including phenoxy) is 1. The lowest BCUT2D eigenvalue weighted by Gasteiger charge is -2.22. The first-order chi connectivity index (χ1) is 8.81. The van der Waals surface area contributed by atoms with Crippen molar-refractivity contribution >= 4 is 5.82 Å². The Morgan fingerprint density at radius 2 is 2.50 bits per heavy atom. The summed E-state index contributed by atoms with van der Waals surface area (Å²) in [6.45, 7) is 5.20. The van der Waals surface area contributed by atoms with Crippen molar-refractivity contribution in [3.05, 3.63) is 22.7 Å². The molecule has 5 heteroatoms. The number of hydrogen-bond acceptors (Lipinski definition) is 4. The first-order valence-corrected chi connectivity index (χ1v) is 6.68. The molecule has 18 heavy (non-hydrogen) atoms. The molecule has 0 radical (unpaired) electrons. The second kappa shape index (κ2) is 6.54. The van der Waals surface area contributed by atoms with E-state index in [4.69, 9.17) is 4.74 Å². The van der Waals surface area contributed by atoms with E-state index in [1.165, 1.54) is 0 Å². The van der Waals surface area contributed by atoms with Gasteiger partial charge in [-0.1, -0.05) is 6.92 Å². The molecule has 1 unspecified atom stereocenters. The fourth-order valence-corrected chi connectivity index (χ4v) is 2.19. The summed E-state index contributed by atoms with van der Waals surface area (Å²) in [4.78, 5) is 16.2. The third kappa shape index (κ3) is 3.32. The molecule has 1 aromatic rings. The molecule has 1 aromatic heterocycles. The minimum Gasteiger partial charge on any atom is -0.381 e. The average molecular weight is 251 g/mol. The fourth-order valence-electron chi connectivity index (χ4n) is 2.19. The van der Waals surface area contributed by atoms with E-state index in [1.54, 1.807) is 17.0 Å². The smallest absolute Gasteiger partial charge is 0.293 e. The molecule has 1 aliphatic heterocycles. The van der Waals surface area contributed by atoms with Crippen molar-refractivity contribution in [3.8, 4) is 0 Å². The van der Waals surface area contributed by atoms with Gasteiger partial charge in [0.15, 0.2) is 5.82 Å². The molecule has 1 N–H and O–H groups in total. The van der Waals surface area contributed by atoms with E-state index in [0.717, 1.165) is 45.6 Å². The van der Waals surface area contributed by atoms with Crippen LogP contribution in [0.25, 0.3) is 0 Å². The Balaban J connectivity index is 1.96. The molecule has 0 aliphatic carbocycles. The predicted octanol–water partition coefficient (Wildman–Crippen LogP) is 1.49.